The smallest absolute Gasteiger partial charge is 0.102 e. The van der Waals surface area contributed by atoms with Gasteiger partial charge in [-0.15, -0.1) is 0 Å². The van der Waals surface area contributed by atoms with Crippen LogP contribution < -0.4 is 0 Å². The number of nitriles is 1. The fourth-order valence-corrected chi connectivity index (χ4v) is 2.93. The summed E-state index contributed by atoms with van der Waals surface area (Å²) in [5, 5.41) is 22.5. The van der Waals surface area contributed by atoms with E-state index in [2.05, 4.69) is 6.07 Å². The van der Waals surface area contributed by atoms with Crippen LogP contribution in [0.15, 0.2) is 66.7 Å². The SMILES string of the molecule is Cc1ccccc1[C@@H](O)[C@@H](C#N)c1cccc2ccccc12. The quantitative estimate of drug-likeness (QED) is 0.771. The van der Waals surface area contributed by atoms with Crippen LogP contribution in [-0.4, -0.2) is 5.11 Å². The van der Waals surface area contributed by atoms with Crippen LogP contribution >= 0.6 is 0 Å². The standard InChI is InChI=1S/C20H17NO/c1-14-7-2-4-10-16(14)20(22)19(13-21)18-12-6-9-15-8-3-5-11-17(15)18/h2-12,19-20,22H,1H3/t19-,20+/m0/s1. The molecule has 3 aromatic rings. The first-order valence-corrected chi connectivity index (χ1v) is 7.33. The minimum Gasteiger partial charge on any atom is -0.387 e. The van der Waals surface area contributed by atoms with Gasteiger partial charge in [-0.2, -0.15) is 5.26 Å². The van der Waals surface area contributed by atoms with Gasteiger partial charge in [-0.05, 0) is 34.4 Å². The molecule has 3 rings (SSSR count). The van der Waals surface area contributed by atoms with E-state index in [1.807, 2.05) is 73.7 Å². The van der Waals surface area contributed by atoms with Gasteiger partial charge in [0, 0.05) is 0 Å². The van der Waals surface area contributed by atoms with E-state index in [1.165, 1.54) is 0 Å². The summed E-state index contributed by atoms with van der Waals surface area (Å²) in [7, 11) is 0. The molecule has 3 aromatic carbocycles. The van der Waals surface area contributed by atoms with Crippen LogP contribution in [0.25, 0.3) is 10.8 Å². The van der Waals surface area contributed by atoms with Crippen molar-refractivity contribution in [1.82, 2.24) is 0 Å². The number of benzene rings is 3. The Bertz CT molecular complexity index is 842. The molecule has 2 atom stereocenters. The van der Waals surface area contributed by atoms with Crippen molar-refractivity contribution >= 4 is 10.8 Å². The minimum absolute atomic E-state index is 0.591. The maximum absolute atomic E-state index is 10.8. The Kier molecular flexibility index (Phi) is 3.91. The Hall–Kier alpha value is -2.63. The second-order valence-corrected chi connectivity index (χ2v) is 5.48. The van der Waals surface area contributed by atoms with Crippen LogP contribution in [0, 0.1) is 18.3 Å². The monoisotopic (exact) mass is 287 g/mol. The van der Waals surface area contributed by atoms with Crippen LogP contribution in [0.3, 0.4) is 0 Å². The van der Waals surface area contributed by atoms with Crippen molar-refractivity contribution in [2.45, 2.75) is 18.9 Å². The summed E-state index contributed by atoms with van der Waals surface area (Å²) in [6.07, 6.45) is -0.836. The molecule has 0 aromatic heterocycles. The van der Waals surface area contributed by atoms with Crippen LogP contribution in [-0.2, 0) is 0 Å². The zero-order valence-electron chi connectivity index (χ0n) is 12.4. The summed E-state index contributed by atoms with van der Waals surface area (Å²) in [4.78, 5) is 0. The number of hydrogen-bond acceptors (Lipinski definition) is 2. The molecule has 0 aliphatic rings. The second kappa shape index (κ2) is 6.01. The zero-order chi connectivity index (χ0) is 15.5. The Morgan fingerprint density at radius 2 is 1.50 bits per heavy atom. The molecule has 0 heterocycles. The lowest BCUT2D eigenvalue weighted by molar-refractivity contribution is 0.164. The number of aliphatic hydroxyl groups excluding tert-OH is 1. The Morgan fingerprint density at radius 3 is 2.27 bits per heavy atom. The van der Waals surface area contributed by atoms with Crippen molar-refractivity contribution < 1.29 is 5.11 Å². The third-order valence-electron chi connectivity index (χ3n) is 4.12. The van der Waals surface area contributed by atoms with Gasteiger partial charge in [0.25, 0.3) is 0 Å². The lowest BCUT2D eigenvalue weighted by Gasteiger charge is -2.20. The molecular weight excluding hydrogens is 270 g/mol. The molecule has 22 heavy (non-hydrogen) atoms. The fraction of sp³-hybridized carbons (Fsp3) is 0.150. The summed E-state index contributed by atoms with van der Waals surface area (Å²) >= 11 is 0. The van der Waals surface area contributed by atoms with Crippen LogP contribution in [0.1, 0.15) is 28.7 Å². The van der Waals surface area contributed by atoms with E-state index in [-0.39, 0.29) is 0 Å². The largest absolute Gasteiger partial charge is 0.387 e. The first kappa shape index (κ1) is 14.3. The van der Waals surface area contributed by atoms with Gasteiger partial charge in [0.2, 0.25) is 0 Å². The molecule has 1 N–H and O–H groups in total. The molecule has 0 aliphatic heterocycles. The summed E-state index contributed by atoms with van der Waals surface area (Å²) in [5.74, 6) is -0.591. The molecule has 0 fully saturated rings. The van der Waals surface area contributed by atoms with Gasteiger partial charge in [0.15, 0.2) is 0 Å². The van der Waals surface area contributed by atoms with Crippen molar-refractivity contribution in [2.75, 3.05) is 0 Å². The summed E-state index contributed by atoms with van der Waals surface area (Å²) < 4.78 is 0. The summed E-state index contributed by atoms with van der Waals surface area (Å²) in [5.41, 5.74) is 2.67. The Labute approximate surface area is 130 Å². The zero-order valence-corrected chi connectivity index (χ0v) is 12.4. The van der Waals surface area contributed by atoms with E-state index in [0.717, 1.165) is 27.5 Å². The van der Waals surface area contributed by atoms with Gasteiger partial charge in [-0.3, -0.25) is 0 Å². The van der Waals surface area contributed by atoms with Crippen molar-refractivity contribution in [2.24, 2.45) is 0 Å². The molecule has 0 spiro atoms. The molecule has 0 saturated carbocycles. The van der Waals surface area contributed by atoms with E-state index in [1.54, 1.807) is 0 Å². The van der Waals surface area contributed by atoms with E-state index in [0.29, 0.717) is 0 Å². The van der Waals surface area contributed by atoms with Crippen LogP contribution in [0.4, 0.5) is 0 Å². The molecular formula is C20H17NO. The van der Waals surface area contributed by atoms with Gasteiger partial charge >= 0.3 is 0 Å². The number of nitrogens with zero attached hydrogens (tertiary/aromatic N) is 1. The fourth-order valence-electron chi connectivity index (χ4n) is 2.93. The second-order valence-electron chi connectivity index (χ2n) is 5.48. The molecule has 0 radical (unpaired) electrons. The normalized spacial score (nSPS) is 13.5. The maximum Gasteiger partial charge on any atom is 0.102 e. The van der Waals surface area contributed by atoms with E-state index in [4.69, 9.17) is 0 Å². The molecule has 0 aliphatic carbocycles. The van der Waals surface area contributed by atoms with Gasteiger partial charge in [-0.25, -0.2) is 0 Å². The molecule has 0 bridgehead atoms. The van der Waals surface area contributed by atoms with E-state index < -0.39 is 12.0 Å². The first-order chi connectivity index (χ1) is 10.7. The topological polar surface area (TPSA) is 44.0 Å². The predicted octanol–water partition coefficient (Wildman–Crippen LogP) is 4.49. The average Bonchev–Trinajstić information content (AvgIpc) is 2.56. The molecule has 0 amide bonds. The molecule has 0 saturated heterocycles. The third-order valence-corrected chi connectivity index (χ3v) is 4.12. The van der Waals surface area contributed by atoms with Crippen molar-refractivity contribution in [3.8, 4) is 6.07 Å². The van der Waals surface area contributed by atoms with Gasteiger partial charge in [0.05, 0.1) is 12.2 Å². The van der Waals surface area contributed by atoms with Crippen LogP contribution in [0.5, 0.6) is 0 Å². The maximum atomic E-state index is 10.8. The highest BCUT2D eigenvalue weighted by Gasteiger charge is 2.25. The number of aliphatic hydroxyl groups is 1. The highest BCUT2D eigenvalue weighted by Crippen LogP contribution is 2.35. The molecule has 108 valence electrons. The number of rotatable bonds is 3. The summed E-state index contributed by atoms with van der Waals surface area (Å²) in [6, 6.07) is 23.8. The highest BCUT2D eigenvalue weighted by molar-refractivity contribution is 5.86. The van der Waals surface area contributed by atoms with Gasteiger partial charge in [0.1, 0.15) is 5.92 Å². The predicted molar refractivity (Wildman–Crippen MR) is 88.4 cm³/mol. The first-order valence-electron chi connectivity index (χ1n) is 7.33. The van der Waals surface area contributed by atoms with Crippen molar-refractivity contribution in [3.63, 3.8) is 0 Å². The number of aryl methyl sites for hydroxylation is 1. The Balaban J connectivity index is 2.11. The molecule has 0 unspecified atom stereocenters. The van der Waals surface area contributed by atoms with E-state index >= 15 is 0 Å². The average molecular weight is 287 g/mol. The highest BCUT2D eigenvalue weighted by atomic mass is 16.3. The summed E-state index contributed by atoms with van der Waals surface area (Å²) in [6.45, 7) is 1.95. The van der Waals surface area contributed by atoms with Gasteiger partial charge < -0.3 is 5.11 Å². The number of fused-ring (bicyclic) bond motifs is 1. The van der Waals surface area contributed by atoms with Crippen molar-refractivity contribution in [1.29, 1.82) is 5.26 Å². The molecule has 2 heteroatoms. The van der Waals surface area contributed by atoms with E-state index in [9.17, 15) is 10.4 Å². The third kappa shape index (κ3) is 2.47. The number of hydrogen-bond donors (Lipinski definition) is 1. The Morgan fingerprint density at radius 1 is 0.864 bits per heavy atom. The lowest BCUT2D eigenvalue weighted by atomic mass is 9.86. The van der Waals surface area contributed by atoms with Crippen LogP contribution in [0.2, 0.25) is 0 Å². The van der Waals surface area contributed by atoms with Crippen molar-refractivity contribution in [3.05, 3.63) is 83.4 Å². The molecule has 2 nitrogen and oxygen atoms in total. The lowest BCUT2D eigenvalue weighted by Crippen LogP contribution is -2.11. The van der Waals surface area contributed by atoms with Gasteiger partial charge in [-0.1, -0.05) is 66.7 Å². The minimum atomic E-state index is -0.836.